The maximum atomic E-state index is 13.8. The number of halogens is 2. The van der Waals surface area contributed by atoms with E-state index in [9.17, 15) is 18.7 Å². The van der Waals surface area contributed by atoms with Crippen LogP contribution in [-0.2, 0) is 0 Å². The molecule has 1 saturated carbocycles. The molecule has 1 aliphatic heterocycles. The highest BCUT2D eigenvalue weighted by atomic mass is 19.3. The van der Waals surface area contributed by atoms with Crippen molar-refractivity contribution in [3.05, 3.63) is 35.9 Å². The standard InChI is InChI=1S/C18H23F2NO2/c19-18(20)9-4-7-15(12-18)16-11-14(8-10-21(16)17(22)23)13-5-2-1-3-6-13/h1-3,5-6,14-16H,4,7-12H2,(H,22,23)/t14-,15?,16+/m1/s1. The number of rotatable bonds is 2. The lowest BCUT2D eigenvalue weighted by Gasteiger charge is -2.44. The average Bonchev–Trinajstić information content (AvgIpc) is 2.54. The highest BCUT2D eigenvalue weighted by molar-refractivity contribution is 5.65. The fourth-order valence-corrected chi connectivity index (χ4v) is 4.25. The lowest BCUT2D eigenvalue weighted by atomic mass is 9.74. The van der Waals surface area contributed by atoms with Crippen LogP contribution in [0, 0.1) is 5.92 Å². The Hall–Kier alpha value is -1.65. The van der Waals surface area contributed by atoms with Crippen molar-refractivity contribution in [2.24, 2.45) is 5.92 Å². The van der Waals surface area contributed by atoms with Crippen LogP contribution in [0.15, 0.2) is 30.3 Å². The molecule has 0 bridgehead atoms. The van der Waals surface area contributed by atoms with Crippen molar-refractivity contribution < 1.29 is 18.7 Å². The van der Waals surface area contributed by atoms with E-state index in [0.717, 1.165) is 6.42 Å². The Bertz CT molecular complexity index is 549. The van der Waals surface area contributed by atoms with E-state index < -0.39 is 12.0 Å². The zero-order chi connectivity index (χ0) is 16.4. The summed E-state index contributed by atoms with van der Waals surface area (Å²) in [6.07, 6.45) is 1.38. The molecule has 1 amide bonds. The second-order valence-corrected chi connectivity index (χ2v) is 6.89. The highest BCUT2D eigenvalue weighted by Crippen LogP contribution is 2.43. The SMILES string of the molecule is O=C(O)N1CC[C@@H](c2ccccc2)C[C@H]1C1CCCC(F)(F)C1. The largest absolute Gasteiger partial charge is 0.465 e. The molecule has 23 heavy (non-hydrogen) atoms. The van der Waals surface area contributed by atoms with Crippen molar-refractivity contribution in [2.45, 2.75) is 56.4 Å². The number of carboxylic acid groups (broad SMARTS) is 1. The minimum Gasteiger partial charge on any atom is -0.465 e. The summed E-state index contributed by atoms with van der Waals surface area (Å²) in [5.74, 6) is -2.62. The molecular weight excluding hydrogens is 300 g/mol. The van der Waals surface area contributed by atoms with Gasteiger partial charge in [-0.2, -0.15) is 0 Å². The van der Waals surface area contributed by atoms with E-state index in [1.54, 1.807) is 0 Å². The van der Waals surface area contributed by atoms with Gasteiger partial charge in [0.25, 0.3) is 0 Å². The van der Waals surface area contributed by atoms with Gasteiger partial charge in [0, 0.05) is 25.4 Å². The molecule has 1 aromatic rings. The van der Waals surface area contributed by atoms with Gasteiger partial charge in [-0.25, -0.2) is 13.6 Å². The van der Waals surface area contributed by atoms with Crippen LogP contribution >= 0.6 is 0 Å². The number of piperidine rings is 1. The molecule has 2 aliphatic rings. The number of alkyl halides is 2. The number of benzene rings is 1. The van der Waals surface area contributed by atoms with Crippen molar-refractivity contribution in [1.82, 2.24) is 4.90 Å². The summed E-state index contributed by atoms with van der Waals surface area (Å²) in [4.78, 5) is 13.0. The van der Waals surface area contributed by atoms with Crippen molar-refractivity contribution in [2.75, 3.05) is 6.54 Å². The van der Waals surface area contributed by atoms with Crippen LogP contribution in [0.25, 0.3) is 0 Å². The number of likely N-dealkylation sites (tertiary alicyclic amines) is 1. The molecule has 2 fully saturated rings. The monoisotopic (exact) mass is 323 g/mol. The molecule has 1 N–H and O–H groups in total. The van der Waals surface area contributed by atoms with Crippen molar-refractivity contribution in [3.63, 3.8) is 0 Å². The Labute approximate surface area is 135 Å². The van der Waals surface area contributed by atoms with Crippen LogP contribution < -0.4 is 0 Å². The Morgan fingerprint density at radius 2 is 1.96 bits per heavy atom. The quantitative estimate of drug-likeness (QED) is 0.854. The summed E-state index contributed by atoms with van der Waals surface area (Å²) in [6, 6.07) is 9.71. The molecule has 0 radical (unpaired) electrons. The van der Waals surface area contributed by atoms with Crippen molar-refractivity contribution in [1.29, 1.82) is 0 Å². The van der Waals surface area contributed by atoms with Gasteiger partial charge in [-0.3, -0.25) is 0 Å². The van der Waals surface area contributed by atoms with Gasteiger partial charge in [0.2, 0.25) is 5.92 Å². The Balaban J connectivity index is 1.79. The molecule has 3 rings (SSSR count). The smallest absolute Gasteiger partial charge is 0.407 e. The van der Waals surface area contributed by atoms with E-state index in [1.165, 1.54) is 10.5 Å². The van der Waals surface area contributed by atoms with E-state index in [0.29, 0.717) is 25.8 Å². The summed E-state index contributed by atoms with van der Waals surface area (Å²) in [5, 5.41) is 9.46. The van der Waals surface area contributed by atoms with Gasteiger partial charge in [0.15, 0.2) is 0 Å². The summed E-state index contributed by atoms with van der Waals surface area (Å²) >= 11 is 0. The van der Waals surface area contributed by atoms with Crippen molar-refractivity contribution in [3.8, 4) is 0 Å². The van der Waals surface area contributed by atoms with E-state index in [4.69, 9.17) is 0 Å². The maximum absolute atomic E-state index is 13.8. The fraction of sp³-hybridized carbons (Fsp3) is 0.611. The van der Waals surface area contributed by atoms with Crippen LogP contribution in [0.1, 0.15) is 50.0 Å². The maximum Gasteiger partial charge on any atom is 0.407 e. The molecule has 3 atom stereocenters. The fourth-order valence-electron chi connectivity index (χ4n) is 4.25. The molecular formula is C18H23F2NO2. The predicted molar refractivity (Wildman–Crippen MR) is 83.8 cm³/mol. The normalized spacial score (nSPS) is 30.9. The summed E-state index contributed by atoms with van der Waals surface area (Å²) in [6.45, 7) is 0.432. The summed E-state index contributed by atoms with van der Waals surface area (Å²) in [7, 11) is 0. The predicted octanol–water partition coefficient (Wildman–Crippen LogP) is 4.74. The number of hydrogen-bond donors (Lipinski definition) is 1. The van der Waals surface area contributed by atoms with Crippen LogP contribution in [0.2, 0.25) is 0 Å². The third kappa shape index (κ3) is 3.65. The molecule has 1 heterocycles. The first-order valence-electron chi connectivity index (χ1n) is 8.38. The first-order valence-corrected chi connectivity index (χ1v) is 8.38. The molecule has 3 nitrogen and oxygen atoms in total. The van der Waals surface area contributed by atoms with Gasteiger partial charge in [-0.1, -0.05) is 30.3 Å². The van der Waals surface area contributed by atoms with Crippen molar-refractivity contribution >= 4 is 6.09 Å². The van der Waals surface area contributed by atoms with E-state index in [2.05, 4.69) is 0 Å². The molecule has 1 saturated heterocycles. The summed E-state index contributed by atoms with van der Waals surface area (Å²) < 4.78 is 27.6. The summed E-state index contributed by atoms with van der Waals surface area (Å²) in [5.41, 5.74) is 1.19. The minimum absolute atomic E-state index is 0.0641. The second kappa shape index (κ2) is 6.46. The molecule has 0 aromatic heterocycles. The van der Waals surface area contributed by atoms with Gasteiger partial charge in [0.1, 0.15) is 0 Å². The molecule has 5 heteroatoms. The first-order chi connectivity index (χ1) is 11.0. The Morgan fingerprint density at radius 1 is 1.22 bits per heavy atom. The third-order valence-corrected chi connectivity index (χ3v) is 5.38. The topological polar surface area (TPSA) is 40.5 Å². The van der Waals surface area contributed by atoms with Gasteiger partial charge in [-0.15, -0.1) is 0 Å². The number of amides is 1. The van der Waals surface area contributed by atoms with E-state index in [-0.39, 0.29) is 30.7 Å². The van der Waals surface area contributed by atoms with Gasteiger partial charge >= 0.3 is 6.09 Å². The molecule has 126 valence electrons. The number of hydrogen-bond acceptors (Lipinski definition) is 1. The molecule has 0 spiro atoms. The van der Waals surface area contributed by atoms with Gasteiger partial charge < -0.3 is 10.0 Å². The molecule has 1 unspecified atom stereocenters. The highest BCUT2D eigenvalue weighted by Gasteiger charge is 2.44. The van der Waals surface area contributed by atoms with Crippen LogP contribution in [0.3, 0.4) is 0 Å². The van der Waals surface area contributed by atoms with Gasteiger partial charge in [0.05, 0.1) is 0 Å². The van der Waals surface area contributed by atoms with E-state index in [1.807, 2.05) is 30.3 Å². The van der Waals surface area contributed by atoms with Crippen LogP contribution in [0.4, 0.5) is 13.6 Å². The second-order valence-electron chi connectivity index (χ2n) is 6.89. The minimum atomic E-state index is -2.65. The molecule has 1 aromatic carbocycles. The zero-order valence-electron chi connectivity index (χ0n) is 13.1. The zero-order valence-corrected chi connectivity index (χ0v) is 13.1. The third-order valence-electron chi connectivity index (χ3n) is 5.38. The first kappa shape index (κ1) is 16.2. The van der Waals surface area contributed by atoms with Gasteiger partial charge in [-0.05, 0) is 43.1 Å². The average molecular weight is 323 g/mol. The Kier molecular flexibility index (Phi) is 4.55. The van der Waals surface area contributed by atoms with Crippen LogP contribution in [0.5, 0.6) is 0 Å². The lowest BCUT2D eigenvalue weighted by Crippen LogP contribution is -2.50. The number of nitrogens with zero attached hydrogens (tertiary/aromatic N) is 1. The van der Waals surface area contributed by atoms with E-state index >= 15 is 0 Å². The molecule has 1 aliphatic carbocycles. The Morgan fingerprint density at radius 3 is 2.61 bits per heavy atom. The van der Waals surface area contributed by atoms with Crippen LogP contribution in [-0.4, -0.2) is 34.6 Å². The lowest BCUT2D eigenvalue weighted by molar-refractivity contribution is -0.0701. The number of carbonyl (C=O) groups is 1.